The Bertz CT molecular complexity index is 1490. The molecule has 11 nitrogen and oxygen atoms in total. The predicted molar refractivity (Wildman–Crippen MR) is 325 cm³/mol. The Morgan fingerprint density at radius 2 is 0.667 bits per heavy atom. The zero-order valence-electron chi connectivity index (χ0n) is 50.6. The van der Waals surface area contributed by atoms with Crippen LogP contribution in [-0.4, -0.2) is 66.5 Å². The number of phosphoric acid groups is 1. The van der Waals surface area contributed by atoms with E-state index < -0.39 is 57.8 Å². The highest BCUT2D eigenvalue weighted by Crippen LogP contribution is 2.43. The van der Waals surface area contributed by atoms with Crippen LogP contribution in [0.5, 0.6) is 0 Å². The van der Waals surface area contributed by atoms with Crippen LogP contribution >= 0.6 is 7.82 Å². The van der Waals surface area contributed by atoms with Crippen molar-refractivity contribution in [1.82, 2.24) is 0 Å². The summed E-state index contributed by atoms with van der Waals surface area (Å²) in [5.41, 5.74) is 0. The van der Waals surface area contributed by atoms with Crippen molar-refractivity contribution >= 4 is 25.7 Å². The van der Waals surface area contributed by atoms with Crippen LogP contribution < -0.4 is 0 Å². The maximum Gasteiger partial charge on any atom is 0.472 e. The summed E-state index contributed by atoms with van der Waals surface area (Å²) in [5.74, 6) is -1.48. The molecule has 0 aromatic heterocycles. The molecule has 456 valence electrons. The third-order valence-corrected chi connectivity index (χ3v) is 15.2. The second kappa shape index (κ2) is 60.5. The first kappa shape index (κ1) is 75.4. The first-order valence-electron chi connectivity index (χ1n) is 32.5. The van der Waals surface area contributed by atoms with Crippen molar-refractivity contribution in [2.24, 2.45) is 0 Å². The van der Waals surface area contributed by atoms with Crippen LogP contribution in [0.2, 0.25) is 0 Å². The number of phosphoric ester groups is 1. The molecule has 3 unspecified atom stereocenters. The maximum atomic E-state index is 13.0. The van der Waals surface area contributed by atoms with E-state index in [0.29, 0.717) is 19.3 Å². The van der Waals surface area contributed by atoms with E-state index in [1.54, 1.807) is 0 Å². The zero-order valence-corrected chi connectivity index (χ0v) is 51.5. The molecule has 0 radical (unpaired) electrons. The lowest BCUT2D eigenvalue weighted by Crippen LogP contribution is -2.30. The summed E-state index contributed by atoms with van der Waals surface area (Å²) in [6.07, 6.45) is 66.4. The molecule has 0 aromatic carbocycles. The Morgan fingerprint density at radius 3 is 1.03 bits per heavy atom. The molecule has 0 aliphatic rings. The number of unbranched alkanes of at least 4 members (excludes halogenated alkanes) is 36. The van der Waals surface area contributed by atoms with Gasteiger partial charge in [0.25, 0.3) is 0 Å². The van der Waals surface area contributed by atoms with E-state index in [-0.39, 0.29) is 25.9 Å². The zero-order chi connectivity index (χ0) is 56.9. The molecular weight excluding hydrogens is 1000 g/mol. The second-order valence-corrected chi connectivity index (χ2v) is 23.4. The van der Waals surface area contributed by atoms with Gasteiger partial charge in [-0.3, -0.25) is 23.4 Å². The average molecular weight is 1120 g/mol. The summed E-state index contributed by atoms with van der Waals surface area (Å²) in [6.45, 7) is 4.56. The molecule has 0 saturated heterocycles. The van der Waals surface area contributed by atoms with E-state index in [1.165, 1.54) is 180 Å². The first-order chi connectivity index (χ1) is 38.2. The Labute approximate surface area is 479 Å². The SMILES string of the molecule is CC/C=C\C/C=C\C/C=C\C/C=C\CCCCC(=O)OC(CO)COP(=O)(O)OCC(COC(=O)CCCCCCCCCCCCCCCCCCC)OC(=O)CCCCCCCCCCCCCCCCCCCCC. The number of carbonyl (C=O) groups excluding carboxylic acids is 3. The van der Waals surface area contributed by atoms with Gasteiger partial charge in [-0.25, -0.2) is 4.57 Å². The fourth-order valence-corrected chi connectivity index (χ4v) is 10.1. The summed E-state index contributed by atoms with van der Waals surface area (Å²) in [7, 11) is -4.76. The Kier molecular flexibility index (Phi) is 58.5. The molecule has 0 rings (SSSR count). The van der Waals surface area contributed by atoms with Gasteiger partial charge in [-0.05, 0) is 57.8 Å². The van der Waals surface area contributed by atoms with E-state index >= 15 is 0 Å². The molecule has 0 aliphatic heterocycles. The topological polar surface area (TPSA) is 155 Å². The van der Waals surface area contributed by atoms with Crippen molar-refractivity contribution in [2.45, 2.75) is 328 Å². The fourth-order valence-electron chi connectivity index (χ4n) is 9.35. The fraction of sp³-hybridized carbons (Fsp3) is 0.833. The molecule has 0 amide bonds. The number of aliphatic hydroxyl groups is 1. The minimum atomic E-state index is -4.76. The van der Waals surface area contributed by atoms with Crippen molar-refractivity contribution in [2.75, 3.05) is 26.4 Å². The smallest absolute Gasteiger partial charge is 0.462 e. The predicted octanol–water partition coefficient (Wildman–Crippen LogP) is 19.7. The number of allylic oxidation sites excluding steroid dienone is 8. The van der Waals surface area contributed by atoms with Crippen LogP contribution in [0.15, 0.2) is 48.6 Å². The molecule has 0 fully saturated rings. The number of esters is 3. The van der Waals surface area contributed by atoms with Gasteiger partial charge in [0.1, 0.15) is 12.7 Å². The van der Waals surface area contributed by atoms with Gasteiger partial charge in [0, 0.05) is 19.3 Å². The summed E-state index contributed by atoms with van der Waals surface area (Å²) >= 11 is 0. The van der Waals surface area contributed by atoms with Crippen molar-refractivity contribution in [1.29, 1.82) is 0 Å². The lowest BCUT2D eigenvalue weighted by molar-refractivity contribution is -0.161. The van der Waals surface area contributed by atoms with Crippen LogP contribution in [0.3, 0.4) is 0 Å². The van der Waals surface area contributed by atoms with E-state index in [9.17, 15) is 28.9 Å². The number of hydrogen-bond acceptors (Lipinski definition) is 10. The number of hydrogen-bond donors (Lipinski definition) is 2. The molecule has 0 saturated carbocycles. The van der Waals surface area contributed by atoms with Gasteiger partial charge in [0.05, 0.1) is 19.8 Å². The van der Waals surface area contributed by atoms with Crippen LogP contribution in [0.4, 0.5) is 0 Å². The van der Waals surface area contributed by atoms with Gasteiger partial charge in [-0.15, -0.1) is 0 Å². The van der Waals surface area contributed by atoms with Crippen LogP contribution in [-0.2, 0) is 42.2 Å². The molecular formula is C66H121O11P. The van der Waals surface area contributed by atoms with Crippen molar-refractivity contribution < 1.29 is 52.2 Å². The van der Waals surface area contributed by atoms with Crippen LogP contribution in [0.25, 0.3) is 0 Å². The van der Waals surface area contributed by atoms with E-state index in [1.807, 2.05) is 0 Å². The Morgan fingerprint density at radius 1 is 0.372 bits per heavy atom. The lowest BCUT2D eigenvalue weighted by Gasteiger charge is -2.21. The summed E-state index contributed by atoms with van der Waals surface area (Å²) in [4.78, 5) is 48.7. The second-order valence-electron chi connectivity index (χ2n) is 21.9. The minimum absolute atomic E-state index is 0.127. The van der Waals surface area contributed by atoms with Gasteiger partial charge in [-0.2, -0.15) is 0 Å². The van der Waals surface area contributed by atoms with Crippen LogP contribution in [0.1, 0.15) is 316 Å². The van der Waals surface area contributed by atoms with E-state index in [0.717, 1.165) is 77.0 Å². The molecule has 78 heavy (non-hydrogen) atoms. The van der Waals surface area contributed by atoms with Gasteiger partial charge in [0.2, 0.25) is 0 Å². The van der Waals surface area contributed by atoms with Crippen molar-refractivity contribution in [3.05, 3.63) is 48.6 Å². The number of ether oxygens (including phenoxy) is 3. The highest BCUT2D eigenvalue weighted by Gasteiger charge is 2.28. The molecule has 0 spiro atoms. The Balaban J connectivity index is 4.69. The van der Waals surface area contributed by atoms with Crippen molar-refractivity contribution in [3.63, 3.8) is 0 Å². The highest BCUT2D eigenvalue weighted by atomic mass is 31.2. The third-order valence-electron chi connectivity index (χ3n) is 14.3. The summed E-state index contributed by atoms with van der Waals surface area (Å²) in [6, 6.07) is 0. The summed E-state index contributed by atoms with van der Waals surface area (Å²) < 4.78 is 39.7. The molecule has 0 heterocycles. The normalized spacial score (nSPS) is 13.6. The minimum Gasteiger partial charge on any atom is -0.462 e. The summed E-state index contributed by atoms with van der Waals surface area (Å²) in [5, 5.41) is 9.84. The van der Waals surface area contributed by atoms with E-state index in [2.05, 4.69) is 69.4 Å². The number of aliphatic hydroxyl groups excluding tert-OH is 1. The van der Waals surface area contributed by atoms with Gasteiger partial charge >= 0.3 is 25.7 Å². The molecule has 0 aromatic rings. The highest BCUT2D eigenvalue weighted by molar-refractivity contribution is 7.47. The number of carbonyl (C=O) groups is 3. The Hall–Kier alpha value is -2.56. The first-order valence-corrected chi connectivity index (χ1v) is 34.0. The molecule has 0 aliphatic carbocycles. The van der Waals surface area contributed by atoms with Crippen LogP contribution in [0, 0.1) is 0 Å². The van der Waals surface area contributed by atoms with Gasteiger partial charge < -0.3 is 24.2 Å². The van der Waals surface area contributed by atoms with E-state index in [4.69, 9.17) is 23.3 Å². The standard InChI is InChI=1S/C66H121O11P/c1-4-7-10-13-16-19-22-25-28-30-31-33-36-39-42-45-48-51-54-57-66(70)77-63(59-73-64(68)55-52-49-46-43-40-37-35-32-29-26-23-20-17-14-11-8-5-2)61-75-78(71,72)74-60-62(58-67)76-65(69)56-53-50-47-44-41-38-34-27-24-21-18-15-12-9-6-3/h9,12,18,21,27,34,41,44,62-63,67H,4-8,10-11,13-17,19-20,22-26,28-33,35-40,42-43,45-61H2,1-3H3,(H,71,72)/b12-9-,21-18-,34-27-,44-41-. The van der Waals surface area contributed by atoms with Gasteiger partial charge in [-0.1, -0.05) is 288 Å². The molecule has 3 atom stereocenters. The molecule has 0 bridgehead atoms. The van der Waals surface area contributed by atoms with Crippen molar-refractivity contribution in [3.8, 4) is 0 Å². The molecule has 12 heteroatoms. The maximum absolute atomic E-state index is 13.0. The largest absolute Gasteiger partial charge is 0.472 e. The quantitative estimate of drug-likeness (QED) is 0.0197. The lowest BCUT2D eigenvalue weighted by atomic mass is 10.0. The van der Waals surface area contributed by atoms with Gasteiger partial charge in [0.15, 0.2) is 6.10 Å². The molecule has 2 N–H and O–H groups in total. The average Bonchev–Trinajstić information content (AvgIpc) is 3.43. The third kappa shape index (κ3) is 58.1. The number of rotatable bonds is 61. The monoisotopic (exact) mass is 1120 g/mol.